The fourth-order valence-electron chi connectivity index (χ4n) is 5.53. The van der Waals surface area contributed by atoms with Crippen LogP contribution in [0.4, 0.5) is 39.5 Å². The van der Waals surface area contributed by atoms with Crippen molar-refractivity contribution in [1.82, 2.24) is 0 Å². The van der Waals surface area contributed by atoms with Gasteiger partial charge in [-0.3, -0.25) is 0 Å². The van der Waals surface area contributed by atoms with Gasteiger partial charge in [0.2, 0.25) is 0 Å². The van der Waals surface area contributed by atoms with Crippen molar-refractivity contribution in [3.63, 3.8) is 0 Å². The van der Waals surface area contributed by atoms with Crippen LogP contribution in [0.15, 0.2) is 0 Å². The largest absolute Gasteiger partial charge is 0.460 e. The van der Waals surface area contributed by atoms with Crippen LogP contribution in [0.2, 0.25) is 0 Å². The minimum atomic E-state index is -6.78. The van der Waals surface area contributed by atoms with Crippen molar-refractivity contribution < 1.29 is 39.5 Å². The highest BCUT2D eigenvalue weighted by molar-refractivity contribution is 5.00. The molecule has 0 aromatic heterocycles. The molecule has 2 aliphatic carbocycles. The van der Waals surface area contributed by atoms with E-state index in [1.807, 2.05) is 0 Å². The molecular formula is C23H35F9. The maximum Gasteiger partial charge on any atom is 0.460 e. The third-order valence-corrected chi connectivity index (χ3v) is 7.74. The lowest BCUT2D eigenvalue weighted by Gasteiger charge is -2.38. The molecule has 0 bridgehead atoms. The topological polar surface area (TPSA) is 0 Å². The zero-order chi connectivity index (χ0) is 24.2. The van der Waals surface area contributed by atoms with E-state index >= 15 is 0 Å². The summed E-state index contributed by atoms with van der Waals surface area (Å²) in [7, 11) is 0. The molecule has 0 spiro atoms. The Bertz CT molecular complexity index is 554. The molecule has 9 heteroatoms. The zero-order valence-corrected chi connectivity index (χ0v) is 18.6. The van der Waals surface area contributed by atoms with Gasteiger partial charge in [-0.15, -0.1) is 0 Å². The minimum Gasteiger partial charge on any atom is -0.200 e. The highest BCUT2D eigenvalue weighted by Gasteiger charge is 2.81. The molecule has 32 heavy (non-hydrogen) atoms. The summed E-state index contributed by atoms with van der Waals surface area (Å²) in [6.45, 7) is 2.18. The van der Waals surface area contributed by atoms with Crippen LogP contribution in [0.3, 0.4) is 0 Å². The summed E-state index contributed by atoms with van der Waals surface area (Å²) >= 11 is 0. The van der Waals surface area contributed by atoms with Crippen LogP contribution in [0.25, 0.3) is 0 Å². The summed E-state index contributed by atoms with van der Waals surface area (Å²) in [4.78, 5) is 0. The van der Waals surface area contributed by atoms with Crippen LogP contribution in [0.5, 0.6) is 0 Å². The van der Waals surface area contributed by atoms with E-state index in [4.69, 9.17) is 0 Å². The van der Waals surface area contributed by atoms with Crippen molar-refractivity contribution in [2.45, 2.75) is 121 Å². The smallest absolute Gasteiger partial charge is 0.200 e. The highest BCUT2D eigenvalue weighted by atomic mass is 19.4. The maximum atomic E-state index is 13.8. The quantitative estimate of drug-likeness (QED) is 0.215. The molecular weight excluding hydrogens is 447 g/mol. The summed E-state index contributed by atoms with van der Waals surface area (Å²) in [6, 6.07) is 0. The monoisotopic (exact) mass is 482 g/mol. The van der Waals surface area contributed by atoms with Gasteiger partial charge in [0, 0.05) is 6.42 Å². The molecule has 0 aliphatic heterocycles. The summed E-state index contributed by atoms with van der Waals surface area (Å²) in [6.07, 6.45) is 3.36. The van der Waals surface area contributed by atoms with E-state index in [0.717, 1.165) is 31.6 Å². The number of hydrogen-bond acceptors (Lipinski definition) is 0. The standard InChI is InChI=1S/C23H35F9/c1-2-3-4-5-16-6-10-18(11-7-16)19-12-8-17(9-13-19)14-15-20(24,25)21(26,27)22(28,29)23(30,31)32/h16-19H,2-15H2,1H3/t16-,17?,18-,19?. The molecule has 0 nitrogen and oxygen atoms in total. The Morgan fingerprint density at radius 1 is 0.562 bits per heavy atom. The predicted octanol–water partition coefficient (Wildman–Crippen LogP) is 9.43. The molecule has 0 aromatic carbocycles. The lowest BCUT2D eigenvalue weighted by molar-refractivity contribution is -0.397. The van der Waals surface area contributed by atoms with Crippen molar-refractivity contribution in [3.05, 3.63) is 0 Å². The Morgan fingerprint density at radius 3 is 1.41 bits per heavy atom. The first-order valence-electron chi connectivity index (χ1n) is 11.9. The number of halogens is 9. The van der Waals surface area contributed by atoms with Gasteiger partial charge in [0.15, 0.2) is 0 Å². The minimum absolute atomic E-state index is 0.349. The first kappa shape index (κ1) is 27.6. The van der Waals surface area contributed by atoms with E-state index in [1.165, 1.54) is 38.5 Å². The van der Waals surface area contributed by atoms with Gasteiger partial charge in [-0.2, -0.15) is 39.5 Å². The first-order chi connectivity index (χ1) is 14.7. The van der Waals surface area contributed by atoms with Crippen LogP contribution in [0.1, 0.15) is 96.8 Å². The number of unbranched alkanes of at least 4 members (excludes halogenated alkanes) is 2. The van der Waals surface area contributed by atoms with Crippen LogP contribution < -0.4 is 0 Å². The molecule has 0 N–H and O–H groups in total. The van der Waals surface area contributed by atoms with Crippen molar-refractivity contribution in [1.29, 1.82) is 0 Å². The van der Waals surface area contributed by atoms with E-state index in [-0.39, 0.29) is 5.92 Å². The summed E-state index contributed by atoms with van der Waals surface area (Å²) in [5, 5.41) is 0. The second-order valence-corrected chi connectivity index (χ2v) is 9.95. The normalized spacial score (nSPS) is 28.7. The number of alkyl halides is 9. The van der Waals surface area contributed by atoms with Gasteiger partial charge < -0.3 is 0 Å². The van der Waals surface area contributed by atoms with Crippen molar-refractivity contribution in [3.8, 4) is 0 Å². The second kappa shape index (κ2) is 10.7. The molecule has 0 unspecified atom stereocenters. The lowest BCUT2D eigenvalue weighted by atomic mass is 9.68. The van der Waals surface area contributed by atoms with Gasteiger partial charge >= 0.3 is 23.9 Å². The Morgan fingerprint density at radius 2 is 1.00 bits per heavy atom. The van der Waals surface area contributed by atoms with Crippen molar-refractivity contribution >= 4 is 0 Å². The van der Waals surface area contributed by atoms with Gasteiger partial charge in [0.1, 0.15) is 0 Å². The molecule has 0 aromatic rings. The van der Waals surface area contributed by atoms with E-state index in [1.54, 1.807) is 0 Å². The molecule has 0 atom stereocenters. The van der Waals surface area contributed by atoms with Crippen LogP contribution >= 0.6 is 0 Å². The zero-order valence-electron chi connectivity index (χ0n) is 18.6. The predicted molar refractivity (Wildman–Crippen MR) is 105 cm³/mol. The molecule has 2 fully saturated rings. The van der Waals surface area contributed by atoms with Gasteiger partial charge in [-0.05, 0) is 55.8 Å². The van der Waals surface area contributed by atoms with Gasteiger partial charge in [0.25, 0.3) is 0 Å². The molecule has 190 valence electrons. The molecule has 2 rings (SSSR count). The molecule has 0 saturated heterocycles. The van der Waals surface area contributed by atoms with Crippen molar-refractivity contribution in [2.75, 3.05) is 0 Å². The molecule has 0 radical (unpaired) electrons. The van der Waals surface area contributed by atoms with Gasteiger partial charge in [-0.25, -0.2) is 0 Å². The first-order valence-corrected chi connectivity index (χ1v) is 11.9. The highest BCUT2D eigenvalue weighted by Crippen LogP contribution is 2.55. The van der Waals surface area contributed by atoms with Crippen LogP contribution in [0, 0.1) is 23.7 Å². The van der Waals surface area contributed by atoms with E-state index in [0.29, 0.717) is 24.7 Å². The molecule has 0 amide bonds. The Balaban J connectivity index is 1.78. The summed E-state index contributed by atoms with van der Waals surface area (Å²) in [5.74, 6) is -17.2. The Labute approximate surface area is 184 Å². The summed E-state index contributed by atoms with van der Waals surface area (Å²) in [5.41, 5.74) is 0. The fourth-order valence-corrected chi connectivity index (χ4v) is 5.53. The molecule has 0 heterocycles. The average Bonchev–Trinajstić information content (AvgIpc) is 2.72. The second-order valence-electron chi connectivity index (χ2n) is 9.95. The van der Waals surface area contributed by atoms with E-state index < -0.39 is 36.8 Å². The van der Waals surface area contributed by atoms with E-state index in [2.05, 4.69) is 6.92 Å². The number of hydrogen-bond donors (Lipinski definition) is 0. The van der Waals surface area contributed by atoms with Gasteiger partial charge in [-0.1, -0.05) is 58.3 Å². The Hall–Kier alpha value is -0.630. The fraction of sp³-hybridized carbons (Fsp3) is 1.00. The molecule has 2 aliphatic rings. The third kappa shape index (κ3) is 6.28. The average molecular weight is 483 g/mol. The van der Waals surface area contributed by atoms with E-state index in [9.17, 15) is 39.5 Å². The third-order valence-electron chi connectivity index (χ3n) is 7.74. The molecule has 2 saturated carbocycles. The maximum absolute atomic E-state index is 13.8. The summed E-state index contributed by atoms with van der Waals surface area (Å²) < 4.78 is 117. The Kier molecular flexibility index (Phi) is 9.27. The van der Waals surface area contributed by atoms with Crippen LogP contribution in [-0.2, 0) is 0 Å². The van der Waals surface area contributed by atoms with Gasteiger partial charge in [0.05, 0.1) is 0 Å². The van der Waals surface area contributed by atoms with Crippen molar-refractivity contribution in [2.24, 2.45) is 23.7 Å². The lowest BCUT2D eigenvalue weighted by Crippen LogP contribution is -2.60. The van der Waals surface area contributed by atoms with Crippen LogP contribution in [-0.4, -0.2) is 23.9 Å². The SMILES string of the molecule is CCCCC[C@H]1CC[C@H](C2CCC(CCC(F)(F)C(F)(F)C(F)(F)C(F)(F)F)CC2)CC1. The number of rotatable bonds is 10.